The molecule has 0 bridgehead atoms. The molecule has 44 heavy (non-hydrogen) atoms. The van der Waals surface area contributed by atoms with Crippen LogP contribution in [-0.2, 0) is 9.59 Å². The Morgan fingerprint density at radius 1 is 0.364 bits per heavy atom. The van der Waals surface area contributed by atoms with Crippen LogP contribution in [0.2, 0.25) is 0 Å². The van der Waals surface area contributed by atoms with Crippen molar-refractivity contribution in [3.05, 3.63) is 35.5 Å². The summed E-state index contributed by atoms with van der Waals surface area (Å²) in [6, 6.07) is 0. The van der Waals surface area contributed by atoms with Crippen molar-refractivity contribution in [1.29, 1.82) is 0 Å². The van der Waals surface area contributed by atoms with E-state index in [9.17, 15) is 19.8 Å². The van der Waals surface area contributed by atoms with E-state index in [2.05, 4.69) is 38.2 Å². The molecule has 0 aromatic rings. The van der Waals surface area contributed by atoms with Gasteiger partial charge in [-0.05, 0) is 77.0 Å². The van der Waals surface area contributed by atoms with Crippen LogP contribution >= 0.6 is 0 Å². The summed E-state index contributed by atoms with van der Waals surface area (Å²) in [5.74, 6) is -2.11. The van der Waals surface area contributed by atoms with Gasteiger partial charge in [-0.15, -0.1) is 0 Å². The van der Waals surface area contributed by atoms with Gasteiger partial charge in [-0.3, -0.25) is 0 Å². The van der Waals surface area contributed by atoms with Gasteiger partial charge in [-0.2, -0.15) is 0 Å². The molecular formula is C40H72O4. The van der Waals surface area contributed by atoms with Crippen LogP contribution in [0.1, 0.15) is 206 Å². The zero-order chi connectivity index (χ0) is 32.4. The molecule has 0 saturated carbocycles. The Labute approximate surface area is 273 Å². The van der Waals surface area contributed by atoms with Crippen molar-refractivity contribution in [1.82, 2.24) is 0 Å². The van der Waals surface area contributed by atoms with Crippen LogP contribution in [0, 0.1) is 0 Å². The lowest BCUT2D eigenvalue weighted by molar-refractivity contribution is -0.136. The predicted molar refractivity (Wildman–Crippen MR) is 190 cm³/mol. The van der Waals surface area contributed by atoms with E-state index in [0.29, 0.717) is 12.8 Å². The molecule has 4 nitrogen and oxygen atoms in total. The minimum absolute atomic E-state index is 0.126. The number of hydrogen-bond donors (Lipinski definition) is 2. The zero-order valence-electron chi connectivity index (χ0n) is 29.2. The van der Waals surface area contributed by atoms with Gasteiger partial charge in [-0.25, -0.2) is 9.59 Å². The van der Waals surface area contributed by atoms with Crippen LogP contribution in [0.15, 0.2) is 35.5 Å². The molecule has 0 aliphatic carbocycles. The standard InChI is InChI=1S/C40H72O4/c1-3-5-7-9-11-13-15-17-19-21-23-25-27-29-31-33-35-37(39(41)42)38(40(43)44)36-34-32-30-28-26-24-22-20-18-16-14-12-10-8-6-4-2/h17-20H,3-16,21-36H2,1-2H3,(H,41,42)(H,43,44). The van der Waals surface area contributed by atoms with E-state index in [0.717, 1.165) is 51.4 Å². The minimum Gasteiger partial charge on any atom is -0.478 e. The molecule has 0 aromatic carbocycles. The van der Waals surface area contributed by atoms with Crippen molar-refractivity contribution in [2.24, 2.45) is 0 Å². The molecule has 0 aliphatic heterocycles. The summed E-state index contributed by atoms with van der Waals surface area (Å²) < 4.78 is 0. The maximum absolute atomic E-state index is 11.9. The lowest BCUT2D eigenvalue weighted by Crippen LogP contribution is -2.12. The van der Waals surface area contributed by atoms with Crippen LogP contribution in [0.4, 0.5) is 0 Å². The fraction of sp³-hybridized carbons (Fsp3) is 0.800. The van der Waals surface area contributed by atoms with Crippen LogP contribution in [0.25, 0.3) is 0 Å². The lowest BCUT2D eigenvalue weighted by atomic mass is 9.96. The molecule has 0 atom stereocenters. The van der Waals surface area contributed by atoms with Gasteiger partial charge >= 0.3 is 11.9 Å². The van der Waals surface area contributed by atoms with Gasteiger partial charge in [0.15, 0.2) is 0 Å². The number of carboxylic acids is 2. The first kappa shape index (κ1) is 42.2. The largest absolute Gasteiger partial charge is 0.478 e. The highest BCUT2D eigenvalue weighted by Crippen LogP contribution is 2.21. The van der Waals surface area contributed by atoms with Crippen molar-refractivity contribution in [2.75, 3.05) is 0 Å². The molecular weight excluding hydrogens is 544 g/mol. The van der Waals surface area contributed by atoms with Crippen LogP contribution in [0.5, 0.6) is 0 Å². The number of allylic oxidation sites excluding steroid dienone is 4. The van der Waals surface area contributed by atoms with E-state index >= 15 is 0 Å². The number of carboxylic acid groups (broad SMARTS) is 2. The van der Waals surface area contributed by atoms with Crippen LogP contribution in [0.3, 0.4) is 0 Å². The summed E-state index contributed by atoms with van der Waals surface area (Å²) >= 11 is 0. The quantitative estimate of drug-likeness (QED) is 0.0428. The Balaban J connectivity index is 3.94. The third kappa shape index (κ3) is 28.9. The Morgan fingerprint density at radius 3 is 0.841 bits per heavy atom. The normalized spacial score (nSPS) is 12.4. The molecule has 0 heterocycles. The topological polar surface area (TPSA) is 74.6 Å². The smallest absolute Gasteiger partial charge is 0.332 e. The summed E-state index contributed by atoms with van der Waals surface area (Å²) in [7, 11) is 0. The van der Waals surface area contributed by atoms with E-state index in [1.807, 2.05) is 0 Å². The van der Waals surface area contributed by atoms with Crippen molar-refractivity contribution in [3.8, 4) is 0 Å². The van der Waals surface area contributed by atoms with Gasteiger partial charge in [-0.1, -0.05) is 154 Å². The molecule has 0 aromatic heterocycles. The number of rotatable bonds is 34. The summed E-state index contributed by atoms with van der Waals surface area (Å²) in [4.78, 5) is 23.8. The van der Waals surface area contributed by atoms with E-state index in [1.54, 1.807) is 0 Å². The lowest BCUT2D eigenvalue weighted by Gasteiger charge is -2.09. The van der Waals surface area contributed by atoms with E-state index in [4.69, 9.17) is 0 Å². The summed E-state index contributed by atoms with van der Waals surface area (Å²) in [5, 5.41) is 19.4. The SMILES string of the molecule is CCCCCCCCC=CCCCCCCCCC(C(=O)O)=C(CCCCCCCCC=CCCCCCCCC)C(=O)O. The Bertz CT molecular complexity index is 686. The highest BCUT2D eigenvalue weighted by molar-refractivity contribution is 5.98. The minimum atomic E-state index is -1.06. The second-order valence-electron chi connectivity index (χ2n) is 12.9. The summed E-state index contributed by atoms with van der Waals surface area (Å²) in [6.07, 6.45) is 43.8. The van der Waals surface area contributed by atoms with Gasteiger partial charge in [0.05, 0.1) is 0 Å². The van der Waals surface area contributed by atoms with Crippen molar-refractivity contribution >= 4 is 11.9 Å². The summed E-state index contributed by atoms with van der Waals surface area (Å²) in [5.41, 5.74) is 0.251. The fourth-order valence-electron chi connectivity index (χ4n) is 5.87. The average Bonchev–Trinajstić information content (AvgIpc) is 3.00. The number of unbranched alkanes of at least 4 members (excludes halogenated alkanes) is 24. The van der Waals surface area contributed by atoms with E-state index in [-0.39, 0.29) is 11.1 Å². The van der Waals surface area contributed by atoms with Gasteiger partial charge in [0.25, 0.3) is 0 Å². The maximum Gasteiger partial charge on any atom is 0.332 e. The molecule has 0 aliphatic rings. The highest BCUT2D eigenvalue weighted by atomic mass is 16.4. The second-order valence-corrected chi connectivity index (χ2v) is 12.9. The first-order chi connectivity index (χ1) is 21.5. The molecule has 0 saturated heterocycles. The highest BCUT2D eigenvalue weighted by Gasteiger charge is 2.19. The first-order valence-corrected chi connectivity index (χ1v) is 19.0. The molecule has 256 valence electrons. The van der Waals surface area contributed by atoms with E-state index < -0.39 is 11.9 Å². The number of carbonyl (C=O) groups is 2. The van der Waals surface area contributed by atoms with Crippen molar-refractivity contribution in [3.63, 3.8) is 0 Å². The zero-order valence-corrected chi connectivity index (χ0v) is 29.2. The second kappa shape index (κ2) is 34.0. The van der Waals surface area contributed by atoms with Gasteiger partial charge < -0.3 is 10.2 Å². The maximum atomic E-state index is 11.9. The molecule has 4 heteroatoms. The molecule has 0 rings (SSSR count). The fourth-order valence-corrected chi connectivity index (χ4v) is 5.87. The molecule has 0 fully saturated rings. The first-order valence-electron chi connectivity index (χ1n) is 19.0. The van der Waals surface area contributed by atoms with Crippen molar-refractivity contribution < 1.29 is 19.8 Å². The monoisotopic (exact) mass is 617 g/mol. The summed E-state index contributed by atoms with van der Waals surface area (Å²) in [6.45, 7) is 4.52. The van der Waals surface area contributed by atoms with E-state index in [1.165, 1.54) is 128 Å². The number of hydrogen-bond acceptors (Lipinski definition) is 2. The number of aliphatic carboxylic acids is 2. The Hall–Kier alpha value is -1.84. The van der Waals surface area contributed by atoms with Crippen LogP contribution < -0.4 is 0 Å². The van der Waals surface area contributed by atoms with Gasteiger partial charge in [0.2, 0.25) is 0 Å². The van der Waals surface area contributed by atoms with Gasteiger partial charge in [0, 0.05) is 11.1 Å². The molecule has 2 N–H and O–H groups in total. The van der Waals surface area contributed by atoms with Crippen molar-refractivity contribution in [2.45, 2.75) is 206 Å². The van der Waals surface area contributed by atoms with Gasteiger partial charge in [0.1, 0.15) is 0 Å². The van der Waals surface area contributed by atoms with Crippen LogP contribution in [-0.4, -0.2) is 22.2 Å². The molecule has 0 unspecified atom stereocenters. The Kier molecular flexibility index (Phi) is 32.6. The molecule has 0 amide bonds. The molecule has 0 radical (unpaired) electrons. The third-order valence-corrected chi connectivity index (χ3v) is 8.76. The third-order valence-electron chi connectivity index (χ3n) is 8.76. The predicted octanol–water partition coefficient (Wildman–Crippen LogP) is 13.3. The Morgan fingerprint density at radius 2 is 0.591 bits per heavy atom. The molecule has 0 spiro atoms. The average molecular weight is 617 g/mol.